The number of carbonyl (C=O) groups excluding carboxylic acids is 1. The fraction of sp³-hybridized carbons (Fsp3) is 0.118. The molecule has 0 atom stereocenters. The largest absolute Gasteiger partial charge is 0.472 e. The zero-order valence-corrected chi connectivity index (χ0v) is 14.6. The van der Waals surface area contributed by atoms with E-state index in [1.165, 1.54) is 43.9 Å². The Labute approximate surface area is 149 Å². The Bertz CT molecular complexity index is 975. The van der Waals surface area contributed by atoms with Gasteiger partial charge in [-0.15, -0.1) is 0 Å². The molecule has 2 aromatic heterocycles. The number of furan rings is 2. The Balaban J connectivity index is 1.64. The Morgan fingerprint density at radius 2 is 1.88 bits per heavy atom. The first-order valence-corrected chi connectivity index (χ1v) is 9.02. The molecule has 0 fully saturated rings. The van der Waals surface area contributed by atoms with Gasteiger partial charge in [0.15, 0.2) is 0 Å². The average Bonchev–Trinajstić information content (AvgIpc) is 3.32. The van der Waals surface area contributed by atoms with Crippen molar-refractivity contribution in [1.82, 2.24) is 4.72 Å². The lowest BCUT2D eigenvalue weighted by molar-refractivity contribution is 0.187. The summed E-state index contributed by atoms with van der Waals surface area (Å²) in [4.78, 5) is 11.2. The minimum absolute atomic E-state index is 0.00233. The highest BCUT2D eigenvalue weighted by Crippen LogP contribution is 2.22. The molecule has 1 aromatic carbocycles. The Kier molecular flexibility index (Phi) is 5.10. The number of nitrogens with one attached hydrogen (secondary N) is 2. The number of methoxy groups -OCH3 is 1. The molecule has 3 aromatic rings. The number of benzene rings is 1. The van der Waals surface area contributed by atoms with E-state index < -0.39 is 16.1 Å². The highest BCUT2D eigenvalue weighted by atomic mass is 32.2. The lowest BCUT2D eigenvalue weighted by atomic mass is 10.3. The molecule has 0 aliphatic heterocycles. The number of hydrogen-bond acceptors (Lipinski definition) is 6. The number of rotatable bonds is 6. The molecular formula is C17H16N2O6S. The number of ether oxygens (including phenoxy) is 1. The van der Waals surface area contributed by atoms with E-state index in [2.05, 4.69) is 14.8 Å². The first-order valence-electron chi connectivity index (χ1n) is 7.54. The van der Waals surface area contributed by atoms with Crippen LogP contribution in [0.5, 0.6) is 0 Å². The van der Waals surface area contributed by atoms with E-state index in [1.54, 1.807) is 18.2 Å². The van der Waals surface area contributed by atoms with Crippen LogP contribution in [0.25, 0.3) is 11.3 Å². The van der Waals surface area contributed by atoms with Gasteiger partial charge in [-0.3, -0.25) is 5.32 Å². The van der Waals surface area contributed by atoms with Gasteiger partial charge in [0.2, 0.25) is 10.0 Å². The molecule has 0 saturated carbocycles. The minimum Gasteiger partial charge on any atom is -0.472 e. The zero-order chi connectivity index (χ0) is 18.6. The molecule has 8 nitrogen and oxygen atoms in total. The van der Waals surface area contributed by atoms with Crippen molar-refractivity contribution in [1.29, 1.82) is 0 Å². The van der Waals surface area contributed by atoms with E-state index in [1.807, 2.05) is 0 Å². The van der Waals surface area contributed by atoms with E-state index in [9.17, 15) is 13.2 Å². The molecule has 3 rings (SSSR count). The maximum atomic E-state index is 12.4. The van der Waals surface area contributed by atoms with Crippen molar-refractivity contribution in [3.05, 3.63) is 60.8 Å². The second kappa shape index (κ2) is 7.46. The molecule has 9 heteroatoms. The van der Waals surface area contributed by atoms with E-state index >= 15 is 0 Å². The van der Waals surface area contributed by atoms with Crippen molar-refractivity contribution in [3.63, 3.8) is 0 Å². The molecular weight excluding hydrogens is 360 g/mol. The minimum atomic E-state index is -3.73. The third-order valence-corrected chi connectivity index (χ3v) is 4.92. The summed E-state index contributed by atoms with van der Waals surface area (Å²) in [5.74, 6) is 1.06. The Morgan fingerprint density at radius 3 is 2.54 bits per heavy atom. The monoisotopic (exact) mass is 376 g/mol. The maximum absolute atomic E-state index is 12.4. The first-order chi connectivity index (χ1) is 12.5. The van der Waals surface area contributed by atoms with Gasteiger partial charge >= 0.3 is 6.09 Å². The third kappa shape index (κ3) is 4.13. The summed E-state index contributed by atoms with van der Waals surface area (Å²) in [6.45, 7) is 0.00233. The van der Waals surface area contributed by atoms with Gasteiger partial charge in [0.1, 0.15) is 17.8 Å². The van der Waals surface area contributed by atoms with Crippen molar-refractivity contribution in [2.24, 2.45) is 0 Å². The van der Waals surface area contributed by atoms with E-state index in [-0.39, 0.29) is 11.4 Å². The topological polar surface area (TPSA) is 111 Å². The lowest BCUT2D eigenvalue weighted by Crippen LogP contribution is -2.23. The van der Waals surface area contributed by atoms with Crippen LogP contribution >= 0.6 is 0 Å². The van der Waals surface area contributed by atoms with Crippen LogP contribution in [0.15, 0.2) is 68.7 Å². The highest BCUT2D eigenvalue weighted by molar-refractivity contribution is 7.89. The fourth-order valence-electron chi connectivity index (χ4n) is 2.17. The van der Waals surface area contributed by atoms with Crippen LogP contribution in [0.1, 0.15) is 5.76 Å². The quantitative estimate of drug-likeness (QED) is 0.683. The van der Waals surface area contributed by atoms with Crippen LogP contribution in [-0.4, -0.2) is 21.6 Å². The standard InChI is InChI=1S/C17H16N2O6S/c1-23-17(20)19-13-2-5-15(6-3-13)26(21,22)18-10-14-4-7-16(25-14)12-8-9-24-11-12/h2-9,11,18H,10H2,1H3,(H,19,20). The second-order valence-electron chi connectivity index (χ2n) is 5.24. The van der Waals surface area contributed by atoms with E-state index in [0.717, 1.165) is 5.56 Å². The van der Waals surface area contributed by atoms with Crippen molar-refractivity contribution in [2.45, 2.75) is 11.4 Å². The molecule has 0 unspecified atom stereocenters. The maximum Gasteiger partial charge on any atom is 0.411 e. The predicted octanol–water partition coefficient (Wildman–Crippen LogP) is 3.20. The molecule has 0 aliphatic carbocycles. The molecule has 136 valence electrons. The van der Waals surface area contributed by atoms with Gasteiger partial charge < -0.3 is 13.6 Å². The van der Waals surface area contributed by atoms with Crippen LogP contribution in [0.3, 0.4) is 0 Å². The first kappa shape index (κ1) is 17.8. The number of sulfonamides is 1. The van der Waals surface area contributed by atoms with Crippen molar-refractivity contribution >= 4 is 21.8 Å². The molecule has 0 spiro atoms. The zero-order valence-electron chi connectivity index (χ0n) is 13.8. The summed E-state index contributed by atoms with van der Waals surface area (Å²) in [7, 11) is -2.49. The van der Waals surface area contributed by atoms with Gasteiger partial charge in [0.05, 0.1) is 30.4 Å². The summed E-state index contributed by atoms with van der Waals surface area (Å²) in [6.07, 6.45) is 2.43. The molecule has 0 radical (unpaired) electrons. The van der Waals surface area contributed by atoms with Crippen LogP contribution in [0.4, 0.5) is 10.5 Å². The average molecular weight is 376 g/mol. The van der Waals surface area contributed by atoms with Crippen molar-refractivity contribution in [2.75, 3.05) is 12.4 Å². The second-order valence-corrected chi connectivity index (χ2v) is 7.01. The fourth-order valence-corrected chi connectivity index (χ4v) is 3.16. The third-order valence-electron chi connectivity index (χ3n) is 3.50. The summed E-state index contributed by atoms with van der Waals surface area (Å²) in [6, 6.07) is 10.9. The summed E-state index contributed by atoms with van der Waals surface area (Å²) in [5.41, 5.74) is 1.19. The van der Waals surface area contributed by atoms with Crippen LogP contribution < -0.4 is 10.0 Å². The number of hydrogen-bond donors (Lipinski definition) is 2. The van der Waals surface area contributed by atoms with E-state index in [0.29, 0.717) is 17.2 Å². The van der Waals surface area contributed by atoms with Crippen LogP contribution in [0.2, 0.25) is 0 Å². The molecule has 0 aliphatic rings. The van der Waals surface area contributed by atoms with Gasteiger partial charge in [-0.2, -0.15) is 0 Å². The molecule has 26 heavy (non-hydrogen) atoms. The van der Waals surface area contributed by atoms with Gasteiger partial charge in [0.25, 0.3) is 0 Å². The number of amides is 1. The Morgan fingerprint density at radius 1 is 1.12 bits per heavy atom. The SMILES string of the molecule is COC(=O)Nc1ccc(S(=O)(=O)NCc2ccc(-c3ccoc3)o2)cc1. The van der Waals surface area contributed by atoms with Crippen LogP contribution in [0, 0.1) is 0 Å². The summed E-state index contributed by atoms with van der Waals surface area (Å²) in [5, 5.41) is 2.45. The smallest absolute Gasteiger partial charge is 0.411 e. The van der Waals surface area contributed by atoms with Gasteiger partial charge in [0, 0.05) is 5.69 Å². The molecule has 0 bridgehead atoms. The number of carbonyl (C=O) groups is 1. The van der Waals surface area contributed by atoms with Crippen LogP contribution in [-0.2, 0) is 21.3 Å². The molecule has 0 saturated heterocycles. The number of anilines is 1. The summed E-state index contributed by atoms with van der Waals surface area (Å²) < 4.78 is 42.2. The van der Waals surface area contributed by atoms with E-state index in [4.69, 9.17) is 8.83 Å². The van der Waals surface area contributed by atoms with Gasteiger partial charge in [-0.25, -0.2) is 17.9 Å². The van der Waals surface area contributed by atoms with Gasteiger partial charge in [-0.1, -0.05) is 0 Å². The predicted molar refractivity (Wildman–Crippen MR) is 92.9 cm³/mol. The highest BCUT2D eigenvalue weighted by Gasteiger charge is 2.15. The lowest BCUT2D eigenvalue weighted by Gasteiger charge is -2.07. The normalized spacial score (nSPS) is 11.3. The van der Waals surface area contributed by atoms with Crippen molar-refractivity contribution in [3.8, 4) is 11.3 Å². The molecule has 2 heterocycles. The van der Waals surface area contributed by atoms with Crippen molar-refractivity contribution < 1.29 is 26.8 Å². The molecule has 2 N–H and O–H groups in total. The molecule has 1 amide bonds. The summed E-state index contributed by atoms with van der Waals surface area (Å²) >= 11 is 0. The Hall–Kier alpha value is -3.04. The van der Waals surface area contributed by atoms with Gasteiger partial charge in [-0.05, 0) is 42.5 Å².